The van der Waals surface area contributed by atoms with E-state index in [1.165, 1.54) is 6.92 Å². The third kappa shape index (κ3) is 4.49. The first-order valence-corrected chi connectivity index (χ1v) is 9.10. The van der Waals surface area contributed by atoms with Crippen LogP contribution in [-0.2, 0) is 17.9 Å². The molecule has 8 nitrogen and oxygen atoms in total. The van der Waals surface area contributed by atoms with E-state index in [0.29, 0.717) is 35.8 Å². The number of carbonyl (C=O) groups excluding carboxylic acids is 2. The Morgan fingerprint density at radius 1 is 1.00 bits per heavy atom. The maximum Gasteiger partial charge on any atom is 0.238 e. The number of benzene rings is 1. The van der Waals surface area contributed by atoms with E-state index in [-0.39, 0.29) is 25.0 Å². The summed E-state index contributed by atoms with van der Waals surface area (Å²) in [5, 5.41) is 2.81. The molecule has 3 aromatic rings. The Bertz CT molecular complexity index is 958. The highest BCUT2D eigenvalue weighted by Gasteiger charge is 2.21. The molecule has 29 heavy (non-hydrogen) atoms. The third-order valence-electron chi connectivity index (χ3n) is 4.45. The highest BCUT2D eigenvalue weighted by molar-refractivity contribution is 6.05. The van der Waals surface area contributed by atoms with E-state index in [2.05, 4.69) is 5.32 Å². The molecule has 1 aromatic carbocycles. The smallest absolute Gasteiger partial charge is 0.238 e. The molecule has 1 amide bonds. The Morgan fingerprint density at radius 3 is 2.17 bits per heavy atom. The van der Waals surface area contributed by atoms with E-state index in [4.69, 9.17) is 18.3 Å². The van der Waals surface area contributed by atoms with Crippen molar-refractivity contribution in [3.63, 3.8) is 0 Å². The van der Waals surface area contributed by atoms with Gasteiger partial charge in [-0.3, -0.25) is 14.5 Å². The predicted molar refractivity (Wildman–Crippen MR) is 103 cm³/mol. The fourth-order valence-corrected chi connectivity index (χ4v) is 3.14. The summed E-state index contributed by atoms with van der Waals surface area (Å²) in [4.78, 5) is 26.6. The normalized spacial score (nSPS) is 12.3. The number of fused-ring (bicyclic) bond motifs is 1. The van der Waals surface area contributed by atoms with Crippen LogP contribution in [0.2, 0.25) is 0 Å². The van der Waals surface area contributed by atoms with Gasteiger partial charge < -0.3 is 23.6 Å². The fraction of sp³-hybridized carbons (Fsp3) is 0.238. The van der Waals surface area contributed by atoms with Crippen molar-refractivity contribution in [2.75, 3.05) is 18.7 Å². The van der Waals surface area contributed by atoms with E-state index in [1.807, 2.05) is 17.0 Å². The zero-order chi connectivity index (χ0) is 20.2. The number of ether oxygens (including phenoxy) is 2. The van der Waals surface area contributed by atoms with Crippen LogP contribution in [0.4, 0.5) is 5.69 Å². The van der Waals surface area contributed by atoms with Crippen LogP contribution in [0.3, 0.4) is 0 Å². The largest absolute Gasteiger partial charge is 0.468 e. The Labute approximate surface area is 167 Å². The Hall–Kier alpha value is -3.52. The number of furan rings is 2. The number of Topliss-reactive ketones (excluding diaryl/α,β-unsaturated/α-hetero) is 1. The number of hydrogen-bond donors (Lipinski definition) is 1. The summed E-state index contributed by atoms with van der Waals surface area (Å²) >= 11 is 0. The maximum absolute atomic E-state index is 12.8. The van der Waals surface area contributed by atoms with Gasteiger partial charge in [0.1, 0.15) is 11.5 Å². The summed E-state index contributed by atoms with van der Waals surface area (Å²) in [6.45, 7) is 2.47. The van der Waals surface area contributed by atoms with Gasteiger partial charge in [0.05, 0.1) is 37.8 Å². The van der Waals surface area contributed by atoms with Crippen LogP contribution in [0.25, 0.3) is 0 Å². The molecule has 150 valence electrons. The highest BCUT2D eigenvalue weighted by Crippen LogP contribution is 2.37. The maximum atomic E-state index is 12.8. The summed E-state index contributed by atoms with van der Waals surface area (Å²) in [5.41, 5.74) is 0.758. The topological polar surface area (TPSA) is 94.2 Å². The zero-order valence-corrected chi connectivity index (χ0v) is 15.8. The molecule has 2 aromatic heterocycles. The van der Waals surface area contributed by atoms with Gasteiger partial charge in [0.2, 0.25) is 12.7 Å². The summed E-state index contributed by atoms with van der Waals surface area (Å²) in [5.74, 6) is 2.00. The van der Waals surface area contributed by atoms with Gasteiger partial charge in [0.15, 0.2) is 17.3 Å². The minimum Gasteiger partial charge on any atom is -0.468 e. The molecule has 0 saturated carbocycles. The first-order chi connectivity index (χ1) is 14.1. The summed E-state index contributed by atoms with van der Waals surface area (Å²) in [6.07, 6.45) is 3.18. The molecular weight excluding hydrogens is 376 g/mol. The quantitative estimate of drug-likeness (QED) is 0.583. The van der Waals surface area contributed by atoms with Gasteiger partial charge in [-0.15, -0.1) is 0 Å². The van der Waals surface area contributed by atoms with Gasteiger partial charge in [-0.2, -0.15) is 0 Å². The second-order valence-electron chi connectivity index (χ2n) is 6.66. The van der Waals surface area contributed by atoms with Crippen LogP contribution < -0.4 is 14.8 Å². The van der Waals surface area contributed by atoms with E-state index in [1.54, 1.807) is 36.8 Å². The molecular formula is C21H20N2O6. The van der Waals surface area contributed by atoms with Gasteiger partial charge >= 0.3 is 0 Å². The Morgan fingerprint density at radius 2 is 1.62 bits per heavy atom. The van der Waals surface area contributed by atoms with E-state index < -0.39 is 0 Å². The van der Waals surface area contributed by atoms with Crippen molar-refractivity contribution in [2.24, 2.45) is 0 Å². The molecule has 8 heteroatoms. The van der Waals surface area contributed by atoms with Gasteiger partial charge in [0.25, 0.3) is 0 Å². The highest BCUT2D eigenvalue weighted by atomic mass is 16.7. The third-order valence-corrected chi connectivity index (χ3v) is 4.45. The van der Waals surface area contributed by atoms with Gasteiger partial charge in [-0.25, -0.2) is 0 Å². The number of hydrogen-bond acceptors (Lipinski definition) is 7. The van der Waals surface area contributed by atoms with Crippen molar-refractivity contribution in [3.8, 4) is 11.5 Å². The average molecular weight is 396 g/mol. The summed E-state index contributed by atoms with van der Waals surface area (Å²) < 4.78 is 21.5. The summed E-state index contributed by atoms with van der Waals surface area (Å²) in [6, 6.07) is 10.5. The number of carbonyl (C=O) groups is 2. The lowest BCUT2D eigenvalue weighted by Gasteiger charge is -2.20. The van der Waals surface area contributed by atoms with Crippen LogP contribution >= 0.6 is 0 Å². The van der Waals surface area contributed by atoms with Crippen LogP contribution in [0, 0.1) is 0 Å². The average Bonchev–Trinajstić information content (AvgIpc) is 3.43. The standard InChI is InChI=1S/C21H20N2O6/c1-14(24)17-8-19-20(29-13-28-19)9-18(17)22-21(25)12-23(10-15-4-2-6-26-15)11-16-5-3-7-27-16/h2-9H,10-13H2,1H3,(H,22,25). The Balaban J connectivity index is 1.49. The van der Waals surface area contributed by atoms with Crippen molar-refractivity contribution in [1.82, 2.24) is 4.90 Å². The van der Waals surface area contributed by atoms with Crippen LogP contribution in [0.5, 0.6) is 11.5 Å². The zero-order valence-electron chi connectivity index (χ0n) is 15.8. The lowest BCUT2D eigenvalue weighted by Crippen LogP contribution is -2.32. The molecule has 0 aliphatic carbocycles. The SMILES string of the molecule is CC(=O)c1cc2c(cc1NC(=O)CN(Cc1ccco1)Cc1ccco1)OCO2. The molecule has 3 heterocycles. The molecule has 4 rings (SSSR count). The monoisotopic (exact) mass is 396 g/mol. The number of nitrogens with zero attached hydrogens (tertiary/aromatic N) is 1. The second-order valence-corrected chi connectivity index (χ2v) is 6.66. The molecule has 0 radical (unpaired) electrons. The lowest BCUT2D eigenvalue weighted by atomic mass is 10.1. The molecule has 1 N–H and O–H groups in total. The van der Waals surface area contributed by atoms with E-state index >= 15 is 0 Å². The van der Waals surface area contributed by atoms with Crippen molar-refractivity contribution in [3.05, 3.63) is 66.0 Å². The number of nitrogens with one attached hydrogen (secondary N) is 1. The first kappa shape index (κ1) is 18.8. The molecule has 0 atom stereocenters. The molecule has 0 unspecified atom stereocenters. The van der Waals surface area contributed by atoms with Crippen LogP contribution in [0.1, 0.15) is 28.8 Å². The molecule has 0 bridgehead atoms. The molecule has 0 saturated heterocycles. The molecule has 0 spiro atoms. The van der Waals surface area contributed by atoms with Gasteiger partial charge in [-0.1, -0.05) is 0 Å². The summed E-state index contributed by atoms with van der Waals surface area (Å²) in [7, 11) is 0. The van der Waals surface area contributed by atoms with Gasteiger partial charge in [-0.05, 0) is 37.3 Å². The van der Waals surface area contributed by atoms with Crippen molar-refractivity contribution >= 4 is 17.4 Å². The van der Waals surface area contributed by atoms with E-state index in [0.717, 1.165) is 11.5 Å². The Kier molecular flexibility index (Phi) is 5.35. The predicted octanol–water partition coefficient (Wildman–Crippen LogP) is 3.44. The second kappa shape index (κ2) is 8.24. The lowest BCUT2D eigenvalue weighted by molar-refractivity contribution is -0.117. The number of amides is 1. The van der Waals surface area contributed by atoms with Gasteiger partial charge in [0, 0.05) is 11.6 Å². The molecule has 1 aliphatic heterocycles. The number of ketones is 1. The van der Waals surface area contributed by atoms with Crippen molar-refractivity contribution in [2.45, 2.75) is 20.0 Å². The fourth-order valence-electron chi connectivity index (χ4n) is 3.14. The van der Waals surface area contributed by atoms with Crippen molar-refractivity contribution < 1.29 is 27.9 Å². The molecule has 1 aliphatic rings. The molecule has 0 fully saturated rings. The van der Waals surface area contributed by atoms with E-state index in [9.17, 15) is 9.59 Å². The number of rotatable bonds is 8. The first-order valence-electron chi connectivity index (χ1n) is 9.10. The minimum atomic E-state index is -0.274. The van der Waals surface area contributed by atoms with Crippen LogP contribution in [-0.4, -0.2) is 29.9 Å². The van der Waals surface area contributed by atoms with Crippen LogP contribution in [0.15, 0.2) is 57.8 Å². The number of anilines is 1. The minimum absolute atomic E-state index is 0.0766. The van der Waals surface area contributed by atoms with Crippen molar-refractivity contribution in [1.29, 1.82) is 0 Å².